The van der Waals surface area contributed by atoms with Crippen LogP contribution in [-0.4, -0.2) is 9.40 Å². The smallest absolute Gasteiger partial charge is 0.157 e. The van der Waals surface area contributed by atoms with Gasteiger partial charge in [0.25, 0.3) is 0 Å². The minimum absolute atomic E-state index is 0.110. The summed E-state index contributed by atoms with van der Waals surface area (Å²) in [6, 6.07) is 19.4. The van der Waals surface area contributed by atoms with Crippen molar-refractivity contribution in [3.8, 4) is 0 Å². The van der Waals surface area contributed by atoms with E-state index in [1.54, 1.807) is 0 Å². The molecule has 1 nitrogen and oxygen atoms in total. The van der Waals surface area contributed by atoms with E-state index in [1.807, 2.05) is 67.6 Å². The third-order valence-corrected chi connectivity index (χ3v) is 10.4. The van der Waals surface area contributed by atoms with Gasteiger partial charge in [0, 0.05) is 15.4 Å². The molecule has 2 unspecified atom stereocenters. The Hall–Kier alpha value is -0.370. The SMILES string of the molecule is CC(Br)C(Br)P(=O)(c1ccccc1)c1ccccc1. The van der Waals surface area contributed by atoms with Crippen molar-refractivity contribution in [1.82, 2.24) is 0 Å². The fourth-order valence-corrected chi connectivity index (χ4v) is 7.12. The van der Waals surface area contributed by atoms with Gasteiger partial charge in [0.15, 0.2) is 7.14 Å². The molecule has 0 aliphatic carbocycles. The second-order valence-electron chi connectivity index (χ2n) is 4.38. The van der Waals surface area contributed by atoms with Crippen molar-refractivity contribution in [2.75, 3.05) is 0 Å². The Bertz CT molecular complexity index is 526. The normalized spacial score (nSPS) is 14.9. The third-order valence-electron chi connectivity index (χ3n) is 3.01. The van der Waals surface area contributed by atoms with E-state index in [9.17, 15) is 4.57 Å². The van der Waals surface area contributed by atoms with Gasteiger partial charge in [-0.3, -0.25) is 0 Å². The largest absolute Gasteiger partial charge is 0.312 e. The van der Waals surface area contributed by atoms with E-state index in [2.05, 4.69) is 31.9 Å². The summed E-state index contributed by atoms with van der Waals surface area (Å²) in [7, 11) is -2.70. The maximum Gasteiger partial charge on any atom is 0.157 e. The number of halogens is 2. The first kappa shape index (κ1) is 15.0. The highest BCUT2D eigenvalue weighted by Crippen LogP contribution is 2.53. The molecule has 2 rings (SSSR count). The van der Waals surface area contributed by atoms with Gasteiger partial charge >= 0.3 is 0 Å². The molecule has 19 heavy (non-hydrogen) atoms. The van der Waals surface area contributed by atoms with Gasteiger partial charge in [0.05, 0.1) is 4.57 Å². The zero-order valence-corrected chi connectivity index (χ0v) is 14.6. The molecule has 100 valence electrons. The minimum Gasteiger partial charge on any atom is -0.312 e. The van der Waals surface area contributed by atoms with Crippen LogP contribution < -0.4 is 10.6 Å². The average molecular weight is 402 g/mol. The summed E-state index contributed by atoms with van der Waals surface area (Å²) >= 11 is 7.18. The summed E-state index contributed by atoms with van der Waals surface area (Å²) in [5.74, 6) is 0. The summed E-state index contributed by atoms with van der Waals surface area (Å²) in [5, 5.41) is 1.77. The number of hydrogen-bond donors (Lipinski definition) is 0. The molecule has 2 atom stereocenters. The fraction of sp³-hybridized carbons (Fsp3) is 0.200. The molecular formula is C15H15Br2OP. The summed E-state index contributed by atoms with van der Waals surface area (Å²) in [5.41, 5.74) is 0. The van der Waals surface area contributed by atoms with Gasteiger partial charge in [-0.15, -0.1) is 0 Å². The van der Waals surface area contributed by atoms with Crippen LogP contribution in [0.25, 0.3) is 0 Å². The van der Waals surface area contributed by atoms with Gasteiger partial charge in [-0.1, -0.05) is 99.4 Å². The molecule has 0 bridgehead atoms. The maximum atomic E-state index is 13.7. The van der Waals surface area contributed by atoms with E-state index in [1.165, 1.54) is 0 Å². The van der Waals surface area contributed by atoms with Crippen LogP contribution in [0.3, 0.4) is 0 Å². The first-order valence-electron chi connectivity index (χ1n) is 6.06. The quantitative estimate of drug-likeness (QED) is 0.544. The first-order valence-corrected chi connectivity index (χ1v) is 9.66. The van der Waals surface area contributed by atoms with Crippen LogP contribution in [0.2, 0.25) is 0 Å². The van der Waals surface area contributed by atoms with Crippen molar-refractivity contribution < 1.29 is 4.57 Å². The number of hydrogen-bond acceptors (Lipinski definition) is 1. The van der Waals surface area contributed by atoms with E-state index >= 15 is 0 Å². The van der Waals surface area contributed by atoms with Crippen molar-refractivity contribution in [3.05, 3.63) is 60.7 Å². The Morgan fingerprint density at radius 2 is 1.21 bits per heavy atom. The maximum absolute atomic E-state index is 13.7. The van der Waals surface area contributed by atoms with Gasteiger partial charge in [-0.2, -0.15) is 0 Å². The zero-order valence-electron chi connectivity index (χ0n) is 10.5. The molecule has 0 saturated heterocycles. The topological polar surface area (TPSA) is 17.1 Å². The van der Waals surface area contributed by atoms with Crippen LogP contribution in [0.15, 0.2) is 60.7 Å². The van der Waals surface area contributed by atoms with Gasteiger partial charge in [-0.05, 0) is 0 Å². The van der Waals surface area contributed by atoms with E-state index in [0.717, 1.165) is 10.6 Å². The molecule has 0 radical (unpaired) electrons. The molecule has 0 fully saturated rings. The number of rotatable bonds is 4. The van der Waals surface area contributed by atoms with Crippen molar-refractivity contribution in [1.29, 1.82) is 0 Å². The molecule has 0 saturated carbocycles. The van der Waals surface area contributed by atoms with Gasteiger partial charge < -0.3 is 4.57 Å². The third kappa shape index (κ3) is 3.04. The lowest BCUT2D eigenvalue weighted by Crippen LogP contribution is -2.26. The van der Waals surface area contributed by atoms with Crippen molar-refractivity contribution >= 4 is 49.6 Å². The lowest BCUT2D eigenvalue weighted by atomic mass is 10.4. The van der Waals surface area contributed by atoms with E-state index in [-0.39, 0.29) is 9.40 Å². The molecule has 4 heteroatoms. The Labute approximate surface area is 131 Å². The lowest BCUT2D eigenvalue weighted by molar-refractivity contribution is 0.585. The highest BCUT2D eigenvalue weighted by molar-refractivity contribution is 9.13. The highest BCUT2D eigenvalue weighted by atomic mass is 79.9. The van der Waals surface area contributed by atoms with E-state index in [4.69, 9.17) is 0 Å². The summed E-state index contributed by atoms with van der Waals surface area (Å²) in [6.45, 7) is 2.01. The van der Waals surface area contributed by atoms with Crippen LogP contribution in [0.4, 0.5) is 0 Å². The Morgan fingerprint density at radius 3 is 1.53 bits per heavy atom. The lowest BCUT2D eigenvalue weighted by Gasteiger charge is -2.26. The summed E-state index contributed by atoms with van der Waals surface area (Å²) in [6.07, 6.45) is 0. The van der Waals surface area contributed by atoms with Crippen LogP contribution in [0.5, 0.6) is 0 Å². The number of benzene rings is 2. The molecule has 0 aromatic heterocycles. The molecule has 2 aromatic carbocycles. The van der Waals surface area contributed by atoms with Crippen molar-refractivity contribution in [2.45, 2.75) is 16.3 Å². The van der Waals surface area contributed by atoms with Crippen LogP contribution in [0, 0.1) is 0 Å². The Morgan fingerprint density at radius 1 is 0.842 bits per heavy atom. The molecule has 0 N–H and O–H groups in total. The molecule has 0 aliphatic rings. The second kappa shape index (κ2) is 6.39. The zero-order chi connectivity index (χ0) is 13.9. The Balaban J connectivity index is 2.61. The second-order valence-corrected chi connectivity index (χ2v) is 10.4. The van der Waals surface area contributed by atoms with Crippen molar-refractivity contribution in [3.63, 3.8) is 0 Å². The predicted octanol–water partition coefficient (Wildman–Crippen LogP) is 4.50. The fourth-order valence-electron chi connectivity index (χ4n) is 2.02. The first-order chi connectivity index (χ1) is 9.06. The molecule has 0 aliphatic heterocycles. The monoisotopic (exact) mass is 400 g/mol. The van der Waals surface area contributed by atoms with Gasteiger partial charge in [0.1, 0.15) is 0 Å². The Kier molecular flexibility index (Phi) is 5.05. The van der Waals surface area contributed by atoms with Crippen LogP contribution in [-0.2, 0) is 4.57 Å². The van der Waals surface area contributed by atoms with Crippen molar-refractivity contribution in [2.24, 2.45) is 0 Å². The van der Waals surface area contributed by atoms with Gasteiger partial charge in [0.2, 0.25) is 0 Å². The van der Waals surface area contributed by atoms with E-state index in [0.29, 0.717) is 0 Å². The molecule has 2 aromatic rings. The molecule has 0 heterocycles. The summed E-state index contributed by atoms with van der Waals surface area (Å²) in [4.78, 5) is 0.110. The average Bonchev–Trinajstić information content (AvgIpc) is 2.47. The predicted molar refractivity (Wildman–Crippen MR) is 90.9 cm³/mol. The van der Waals surface area contributed by atoms with Gasteiger partial charge in [-0.25, -0.2) is 0 Å². The molecule has 0 amide bonds. The summed E-state index contributed by atoms with van der Waals surface area (Å²) < 4.78 is 13.5. The number of alkyl halides is 2. The van der Waals surface area contributed by atoms with Crippen LogP contribution >= 0.6 is 39.0 Å². The minimum atomic E-state index is -2.70. The van der Waals surface area contributed by atoms with Crippen LogP contribution in [0.1, 0.15) is 6.92 Å². The highest BCUT2D eigenvalue weighted by Gasteiger charge is 2.37. The molecule has 0 spiro atoms. The molecular weight excluding hydrogens is 387 g/mol. The van der Waals surface area contributed by atoms with E-state index < -0.39 is 7.14 Å². The standard InChI is InChI=1S/C15H15Br2OP/c1-12(16)15(17)19(18,13-8-4-2-5-9-13)14-10-6-3-7-11-14/h2-12,15H,1H3.